The van der Waals surface area contributed by atoms with Crippen LogP contribution in [-0.4, -0.2) is 14.3 Å². The van der Waals surface area contributed by atoms with E-state index in [-0.39, 0.29) is 11.1 Å². The average molecular weight is 218 g/mol. The van der Waals surface area contributed by atoms with Crippen molar-refractivity contribution in [2.24, 2.45) is 7.05 Å². The first kappa shape index (κ1) is 10.5. The Morgan fingerprint density at radius 1 is 1.44 bits per heavy atom. The molecule has 5 nitrogen and oxygen atoms in total. The van der Waals surface area contributed by atoms with Gasteiger partial charge < -0.3 is 10.3 Å². The molecule has 2 N–H and O–H groups in total. The molecule has 0 aromatic carbocycles. The van der Waals surface area contributed by atoms with Gasteiger partial charge in [0.15, 0.2) is 0 Å². The van der Waals surface area contributed by atoms with Gasteiger partial charge in [-0.15, -0.1) is 0 Å². The third-order valence-electron chi connectivity index (χ3n) is 2.56. The van der Waals surface area contributed by atoms with Crippen LogP contribution in [0.2, 0.25) is 0 Å². The lowest BCUT2D eigenvalue weighted by molar-refractivity contribution is 0.634. The van der Waals surface area contributed by atoms with E-state index in [2.05, 4.69) is 5.10 Å². The second-order valence-electron chi connectivity index (χ2n) is 3.70. The SMILES string of the molecule is Cn1nccc1CCn1ccc(=O)c(N)c1. The van der Waals surface area contributed by atoms with Gasteiger partial charge in [-0.05, 0) is 6.07 Å². The predicted molar refractivity (Wildman–Crippen MR) is 62.0 cm³/mol. The highest BCUT2D eigenvalue weighted by Gasteiger charge is 1.99. The number of nitrogens with two attached hydrogens (primary N) is 1. The van der Waals surface area contributed by atoms with E-state index in [1.54, 1.807) is 18.6 Å². The number of pyridine rings is 1. The minimum absolute atomic E-state index is 0.128. The molecule has 5 heteroatoms. The average Bonchev–Trinajstić information content (AvgIpc) is 2.66. The minimum atomic E-state index is -0.128. The van der Waals surface area contributed by atoms with Gasteiger partial charge in [-0.3, -0.25) is 9.48 Å². The van der Waals surface area contributed by atoms with Crippen molar-refractivity contribution in [3.05, 3.63) is 46.6 Å². The maximum absolute atomic E-state index is 11.1. The molecule has 2 heterocycles. The second kappa shape index (κ2) is 4.22. The first-order valence-corrected chi connectivity index (χ1v) is 5.09. The normalized spacial score (nSPS) is 10.6. The van der Waals surface area contributed by atoms with Gasteiger partial charge in [-0.25, -0.2) is 0 Å². The molecule has 16 heavy (non-hydrogen) atoms. The first-order valence-electron chi connectivity index (χ1n) is 5.09. The molecule has 2 aromatic rings. The first-order chi connectivity index (χ1) is 7.66. The lowest BCUT2D eigenvalue weighted by Gasteiger charge is -2.06. The molecule has 0 unspecified atom stereocenters. The standard InChI is InChI=1S/C11H14N4O/c1-14-9(2-5-13-14)3-6-15-7-4-11(16)10(12)8-15/h2,4-5,7-8H,3,6,12H2,1H3. The van der Waals surface area contributed by atoms with Crippen LogP contribution in [0.5, 0.6) is 0 Å². The van der Waals surface area contributed by atoms with Crippen molar-refractivity contribution in [3.8, 4) is 0 Å². The third kappa shape index (κ3) is 2.13. The van der Waals surface area contributed by atoms with Crippen molar-refractivity contribution in [1.82, 2.24) is 14.3 Å². The van der Waals surface area contributed by atoms with Crippen molar-refractivity contribution in [2.45, 2.75) is 13.0 Å². The molecule has 0 radical (unpaired) electrons. The Kier molecular flexibility index (Phi) is 2.76. The summed E-state index contributed by atoms with van der Waals surface area (Å²) in [4.78, 5) is 11.1. The van der Waals surface area contributed by atoms with Crippen LogP contribution in [-0.2, 0) is 20.0 Å². The molecule has 0 aliphatic heterocycles. The largest absolute Gasteiger partial charge is 0.394 e. The summed E-state index contributed by atoms with van der Waals surface area (Å²) in [5.74, 6) is 0. The Balaban J connectivity index is 2.08. The molecule has 0 fully saturated rings. The number of nitrogens with zero attached hydrogens (tertiary/aromatic N) is 3. The molecule has 0 aliphatic rings. The molecule has 0 spiro atoms. The Morgan fingerprint density at radius 2 is 2.25 bits per heavy atom. The van der Waals surface area contributed by atoms with Crippen molar-refractivity contribution in [3.63, 3.8) is 0 Å². The van der Waals surface area contributed by atoms with Gasteiger partial charge in [0.2, 0.25) is 5.43 Å². The lowest BCUT2D eigenvalue weighted by atomic mass is 10.3. The fraction of sp³-hybridized carbons (Fsp3) is 0.273. The number of anilines is 1. The zero-order chi connectivity index (χ0) is 11.5. The third-order valence-corrected chi connectivity index (χ3v) is 2.56. The molecule has 0 amide bonds. The molecule has 0 atom stereocenters. The Morgan fingerprint density at radius 3 is 2.88 bits per heavy atom. The summed E-state index contributed by atoms with van der Waals surface area (Å²) < 4.78 is 3.75. The zero-order valence-electron chi connectivity index (χ0n) is 9.13. The van der Waals surface area contributed by atoms with Gasteiger partial charge in [0, 0.05) is 50.4 Å². The number of hydrogen-bond acceptors (Lipinski definition) is 3. The number of nitrogen functional groups attached to an aromatic ring is 1. The summed E-state index contributed by atoms with van der Waals surface area (Å²) in [5, 5.41) is 4.09. The van der Waals surface area contributed by atoms with Crippen molar-refractivity contribution < 1.29 is 0 Å². The quantitative estimate of drug-likeness (QED) is 0.811. The van der Waals surface area contributed by atoms with Gasteiger partial charge in [-0.2, -0.15) is 5.10 Å². The van der Waals surface area contributed by atoms with E-state index in [0.717, 1.165) is 18.7 Å². The van der Waals surface area contributed by atoms with Crippen molar-refractivity contribution in [1.29, 1.82) is 0 Å². The van der Waals surface area contributed by atoms with E-state index in [1.165, 1.54) is 6.07 Å². The zero-order valence-corrected chi connectivity index (χ0v) is 9.13. The molecule has 2 aromatic heterocycles. The van der Waals surface area contributed by atoms with Gasteiger partial charge in [0.25, 0.3) is 0 Å². The van der Waals surface area contributed by atoms with E-state index < -0.39 is 0 Å². The van der Waals surface area contributed by atoms with Crippen LogP contribution < -0.4 is 11.2 Å². The highest BCUT2D eigenvalue weighted by Crippen LogP contribution is 2.01. The molecule has 84 valence electrons. The monoisotopic (exact) mass is 218 g/mol. The molecule has 2 rings (SSSR count). The molecular formula is C11H14N4O. The van der Waals surface area contributed by atoms with Crippen LogP contribution in [0.4, 0.5) is 5.69 Å². The Labute approximate surface area is 93.1 Å². The summed E-state index contributed by atoms with van der Waals surface area (Å²) in [6.07, 6.45) is 6.04. The summed E-state index contributed by atoms with van der Waals surface area (Å²) in [7, 11) is 1.91. The van der Waals surface area contributed by atoms with E-state index in [4.69, 9.17) is 5.73 Å². The molecule has 0 saturated heterocycles. The molecule has 0 aliphatic carbocycles. The van der Waals surface area contributed by atoms with E-state index in [9.17, 15) is 4.79 Å². The van der Waals surface area contributed by atoms with Crippen LogP contribution in [0.15, 0.2) is 35.5 Å². The highest BCUT2D eigenvalue weighted by atomic mass is 16.1. The lowest BCUT2D eigenvalue weighted by Crippen LogP contribution is -2.12. The van der Waals surface area contributed by atoms with Gasteiger partial charge in [0.05, 0.1) is 5.69 Å². The van der Waals surface area contributed by atoms with Gasteiger partial charge >= 0.3 is 0 Å². The summed E-state index contributed by atoms with van der Waals surface area (Å²) in [6.45, 7) is 0.782. The maximum atomic E-state index is 11.1. The Hall–Kier alpha value is -2.04. The molecular weight excluding hydrogens is 204 g/mol. The van der Waals surface area contributed by atoms with Gasteiger partial charge in [0.1, 0.15) is 0 Å². The smallest absolute Gasteiger partial charge is 0.204 e. The fourth-order valence-corrected chi connectivity index (χ4v) is 1.57. The fourth-order valence-electron chi connectivity index (χ4n) is 1.57. The summed E-state index contributed by atoms with van der Waals surface area (Å²) >= 11 is 0. The van der Waals surface area contributed by atoms with Crippen LogP contribution in [0.3, 0.4) is 0 Å². The van der Waals surface area contributed by atoms with Gasteiger partial charge in [-0.1, -0.05) is 0 Å². The number of aromatic nitrogens is 3. The van der Waals surface area contributed by atoms with Crippen molar-refractivity contribution >= 4 is 5.69 Å². The van der Waals surface area contributed by atoms with E-state index in [0.29, 0.717) is 0 Å². The molecule has 0 saturated carbocycles. The van der Waals surface area contributed by atoms with Crippen LogP contribution >= 0.6 is 0 Å². The molecule has 0 bridgehead atoms. The van der Waals surface area contributed by atoms with Crippen LogP contribution in [0.1, 0.15) is 5.69 Å². The number of rotatable bonds is 3. The Bertz CT molecular complexity index is 541. The van der Waals surface area contributed by atoms with Crippen LogP contribution in [0.25, 0.3) is 0 Å². The van der Waals surface area contributed by atoms with E-state index in [1.807, 2.05) is 22.4 Å². The summed E-state index contributed by atoms with van der Waals surface area (Å²) in [6, 6.07) is 3.46. The number of aryl methyl sites for hydroxylation is 3. The summed E-state index contributed by atoms with van der Waals surface area (Å²) in [5.41, 5.74) is 6.86. The second-order valence-corrected chi connectivity index (χ2v) is 3.70. The predicted octanol–water partition coefficient (Wildman–Crippen LogP) is 0.407. The highest BCUT2D eigenvalue weighted by molar-refractivity contribution is 5.33. The van der Waals surface area contributed by atoms with E-state index >= 15 is 0 Å². The maximum Gasteiger partial charge on any atom is 0.204 e. The van der Waals surface area contributed by atoms with Crippen LogP contribution in [0, 0.1) is 0 Å². The topological polar surface area (TPSA) is 65.8 Å². The number of hydrogen-bond donors (Lipinski definition) is 1. The minimum Gasteiger partial charge on any atom is -0.394 e. The van der Waals surface area contributed by atoms with Crippen molar-refractivity contribution in [2.75, 3.05) is 5.73 Å².